The summed E-state index contributed by atoms with van der Waals surface area (Å²) in [6, 6.07) is 0. The van der Waals surface area contributed by atoms with E-state index in [4.69, 9.17) is 5.11 Å². The van der Waals surface area contributed by atoms with Crippen molar-refractivity contribution < 1.29 is 10.2 Å². The Labute approximate surface area is 68.4 Å². The first-order valence-electron chi connectivity index (χ1n) is 4.22. The van der Waals surface area contributed by atoms with Crippen molar-refractivity contribution in [3.8, 4) is 0 Å². The molecule has 3 N–H and O–H groups in total. The topological polar surface area (TPSA) is 52.5 Å². The minimum Gasteiger partial charge on any atom is -0.395 e. The zero-order valence-corrected chi connectivity index (χ0v) is 7.38. The molecule has 2 atom stereocenters. The molecule has 0 aliphatic rings. The van der Waals surface area contributed by atoms with Crippen molar-refractivity contribution >= 4 is 0 Å². The largest absolute Gasteiger partial charge is 0.395 e. The predicted molar refractivity (Wildman–Crippen MR) is 45.4 cm³/mol. The third kappa shape index (κ3) is 5.18. The molecule has 0 aromatic rings. The SMILES string of the molecule is CC[C@H](C)[C@@H](O)CNCCO. The fourth-order valence-corrected chi connectivity index (χ4v) is 0.802. The van der Waals surface area contributed by atoms with Gasteiger partial charge < -0.3 is 15.5 Å². The van der Waals surface area contributed by atoms with Gasteiger partial charge in [0.2, 0.25) is 0 Å². The standard InChI is InChI=1S/C8H19NO2/c1-3-7(2)8(11)6-9-4-5-10/h7-11H,3-6H2,1-2H3/t7-,8-/m0/s1. The van der Waals surface area contributed by atoms with Crippen molar-refractivity contribution in [2.45, 2.75) is 26.4 Å². The molecule has 0 heterocycles. The van der Waals surface area contributed by atoms with E-state index in [2.05, 4.69) is 12.2 Å². The van der Waals surface area contributed by atoms with Crippen molar-refractivity contribution in [1.29, 1.82) is 0 Å². The molecule has 3 heteroatoms. The zero-order valence-electron chi connectivity index (χ0n) is 7.38. The Morgan fingerprint density at radius 3 is 2.55 bits per heavy atom. The third-order valence-corrected chi connectivity index (χ3v) is 1.94. The number of hydrogen-bond acceptors (Lipinski definition) is 3. The average molecular weight is 161 g/mol. The maximum absolute atomic E-state index is 9.40. The molecule has 0 fully saturated rings. The lowest BCUT2D eigenvalue weighted by Crippen LogP contribution is -2.32. The maximum atomic E-state index is 9.40. The number of aliphatic hydroxyl groups is 2. The Balaban J connectivity index is 3.28. The molecule has 0 saturated carbocycles. The van der Waals surface area contributed by atoms with E-state index >= 15 is 0 Å². The van der Waals surface area contributed by atoms with Crippen LogP contribution in [0.2, 0.25) is 0 Å². The fraction of sp³-hybridized carbons (Fsp3) is 1.00. The van der Waals surface area contributed by atoms with Gasteiger partial charge in [0.25, 0.3) is 0 Å². The van der Waals surface area contributed by atoms with E-state index in [1.807, 2.05) is 6.92 Å². The number of aliphatic hydroxyl groups excluding tert-OH is 2. The number of rotatable bonds is 6. The lowest BCUT2D eigenvalue weighted by Gasteiger charge is -2.16. The lowest BCUT2D eigenvalue weighted by atomic mass is 10.0. The molecule has 0 aromatic heterocycles. The first-order chi connectivity index (χ1) is 5.22. The van der Waals surface area contributed by atoms with E-state index < -0.39 is 0 Å². The highest BCUT2D eigenvalue weighted by Gasteiger charge is 2.10. The highest BCUT2D eigenvalue weighted by atomic mass is 16.3. The number of hydrogen-bond donors (Lipinski definition) is 3. The summed E-state index contributed by atoms with van der Waals surface area (Å²) in [7, 11) is 0. The molecule has 0 aromatic carbocycles. The molecule has 0 saturated heterocycles. The quantitative estimate of drug-likeness (QED) is 0.480. The Kier molecular flexibility index (Phi) is 6.51. The van der Waals surface area contributed by atoms with Gasteiger partial charge in [0.05, 0.1) is 12.7 Å². The summed E-state index contributed by atoms with van der Waals surface area (Å²) in [6.07, 6.45) is 0.702. The third-order valence-electron chi connectivity index (χ3n) is 1.94. The minimum atomic E-state index is -0.286. The van der Waals surface area contributed by atoms with Gasteiger partial charge in [0.15, 0.2) is 0 Å². The van der Waals surface area contributed by atoms with Crippen molar-refractivity contribution in [2.75, 3.05) is 19.7 Å². The molecule has 3 nitrogen and oxygen atoms in total. The molecule has 0 rings (SSSR count). The van der Waals surface area contributed by atoms with Crippen molar-refractivity contribution in [3.05, 3.63) is 0 Å². The molecule has 0 unspecified atom stereocenters. The first kappa shape index (κ1) is 10.9. The van der Waals surface area contributed by atoms with Crippen LogP contribution in [0.5, 0.6) is 0 Å². The van der Waals surface area contributed by atoms with Crippen LogP contribution in [0, 0.1) is 5.92 Å². The molecule has 68 valence electrons. The highest BCUT2D eigenvalue weighted by molar-refractivity contribution is 4.65. The Morgan fingerprint density at radius 2 is 2.09 bits per heavy atom. The van der Waals surface area contributed by atoms with E-state index in [0.29, 0.717) is 19.0 Å². The van der Waals surface area contributed by atoms with Gasteiger partial charge in [-0.15, -0.1) is 0 Å². The molecule has 0 aliphatic heterocycles. The minimum absolute atomic E-state index is 0.132. The lowest BCUT2D eigenvalue weighted by molar-refractivity contribution is 0.111. The normalized spacial score (nSPS) is 16.4. The van der Waals surface area contributed by atoms with Crippen LogP contribution in [0.4, 0.5) is 0 Å². The highest BCUT2D eigenvalue weighted by Crippen LogP contribution is 2.05. The molecular formula is C8H19NO2. The van der Waals surface area contributed by atoms with E-state index in [9.17, 15) is 5.11 Å². The first-order valence-corrected chi connectivity index (χ1v) is 4.22. The molecule has 11 heavy (non-hydrogen) atoms. The second-order valence-electron chi connectivity index (χ2n) is 2.88. The molecule has 0 bridgehead atoms. The summed E-state index contributed by atoms with van der Waals surface area (Å²) < 4.78 is 0. The van der Waals surface area contributed by atoms with Crippen LogP contribution in [-0.4, -0.2) is 36.0 Å². The summed E-state index contributed by atoms with van der Waals surface area (Å²) >= 11 is 0. The van der Waals surface area contributed by atoms with Crippen molar-refractivity contribution in [3.63, 3.8) is 0 Å². The Bertz CT molecular complexity index is 88.2. The monoisotopic (exact) mass is 161 g/mol. The summed E-state index contributed by atoms with van der Waals surface area (Å²) in [4.78, 5) is 0. The van der Waals surface area contributed by atoms with Crippen LogP contribution in [0.1, 0.15) is 20.3 Å². The average Bonchev–Trinajstić information content (AvgIpc) is 2.03. The van der Waals surface area contributed by atoms with E-state index in [-0.39, 0.29) is 12.7 Å². The molecule has 0 aliphatic carbocycles. The molecule has 0 spiro atoms. The predicted octanol–water partition coefficient (Wildman–Crippen LogP) is -0.0247. The zero-order chi connectivity index (χ0) is 8.69. The van der Waals surface area contributed by atoms with Gasteiger partial charge >= 0.3 is 0 Å². The van der Waals surface area contributed by atoms with E-state index in [1.165, 1.54) is 0 Å². The summed E-state index contributed by atoms with van der Waals surface area (Å²) in [6.45, 7) is 5.35. The van der Waals surface area contributed by atoms with Gasteiger partial charge in [-0.2, -0.15) is 0 Å². The van der Waals surface area contributed by atoms with Crippen LogP contribution in [0.3, 0.4) is 0 Å². The summed E-state index contributed by atoms with van der Waals surface area (Å²) in [5.41, 5.74) is 0. The van der Waals surface area contributed by atoms with Crippen molar-refractivity contribution in [1.82, 2.24) is 5.32 Å². The van der Waals surface area contributed by atoms with Crippen LogP contribution in [0.15, 0.2) is 0 Å². The summed E-state index contributed by atoms with van der Waals surface area (Å²) in [5.74, 6) is 0.334. The van der Waals surface area contributed by atoms with E-state index in [1.54, 1.807) is 0 Å². The summed E-state index contributed by atoms with van der Waals surface area (Å²) in [5, 5.41) is 20.8. The Hall–Kier alpha value is -0.120. The van der Waals surface area contributed by atoms with Crippen molar-refractivity contribution in [2.24, 2.45) is 5.92 Å². The maximum Gasteiger partial charge on any atom is 0.0689 e. The van der Waals surface area contributed by atoms with Crippen LogP contribution >= 0.6 is 0 Å². The van der Waals surface area contributed by atoms with Gasteiger partial charge in [-0.25, -0.2) is 0 Å². The second-order valence-corrected chi connectivity index (χ2v) is 2.88. The fourth-order valence-electron chi connectivity index (χ4n) is 0.802. The van der Waals surface area contributed by atoms with Gasteiger partial charge in [0, 0.05) is 13.1 Å². The Morgan fingerprint density at radius 1 is 1.45 bits per heavy atom. The van der Waals surface area contributed by atoms with Gasteiger partial charge in [-0.05, 0) is 5.92 Å². The van der Waals surface area contributed by atoms with Gasteiger partial charge in [0.1, 0.15) is 0 Å². The van der Waals surface area contributed by atoms with Crippen LogP contribution < -0.4 is 5.32 Å². The van der Waals surface area contributed by atoms with Crippen LogP contribution in [-0.2, 0) is 0 Å². The van der Waals surface area contributed by atoms with E-state index in [0.717, 1.165) is 6.42 Å². The van der Waals surface area contributed by atoms with Crippen LogP contribution in [0.25, 0.3) is 0 Å². The number of nitrogens with one attached hydrogen (secondary N) is 1. The van der Waals surface area contributed by atoms with Gasteiger partial charge in [-0.1, -0.05) is 20.3 Å². The smallest absolute Gasteiger partial charge is 0.0689 e. The molecular weight excluding hydrogens is 142 g/mol. The second kappa shape index (κ2) is 6.58. The molecule has 0 radical (unpaired) electrons. The molecule has 0 amide bonds. The van der Waals surface area contributed by atoms with Gasteiger partial charge in [-0.3, -0.25) is 0 Å².